The number of carbonyl (C=O) groups excluding carboxylic acids is 2. The summed E-state index contributed by atoms with van der Waals surface area (Å²) in [4.78, 5) is 42.7. The Morgan fingerprint density at radius 2 is 1.43 bits per heavy atom. The van der Waals surface area contributed by atoms with Crippen molar-refractivity contribution in [1.82, 2.24) is 20.2 Å². The minimum atomic E-state index is -1.07. The van der Waals surface area contributed by atoms with E-state index in [9.17, 15) is 29.9 Å². The number of hydrogen-bond donors (Lipinski definition) is 4. The number of hydrogen-bond acceptors (Lipinski definition) is 7. The van der Waals surface area contributed by atoms with E-state index >= 15 is 0 Å². The van der Waals surface area contributed by atoms with Gasteiger partial charge in [0.15, 0.2) is 11.5 Å². The Morgan fingerprint density at radius 1 is 0.811 bits per heavy atom. The number of imidazole rings is 1. The molecule has 6 rings (SSSR count). The van der Waals surface area contributed by atoms with Gasteiger partial charge in [-0.3, -0.25) is 19.7 Å². The van der Waals surface area contributed by atoms with Crippen molar-refractivity contribution in [2.75, 3.05) is 6.54 Å². The van der Waals surface area contributed by atoms with Crippen LogP contribution in [0.1, 0.15) is 33.5 Å². The van der Waals surface area contributed by atoms with Gasteiger partial charge < -0.3 is 25.4 Å². The molecule has 0 bridgehead atoms. The summed E-state index contributed by atoms with van der Waals surface area (Å²) in [6.07, 6.45) is 6.51. The number of phenols is 2. The molecule has 0 saturated carbocycles. The van der Waals surface area contributed by atoms with Crippen molar-refractivity contribution in [2.45, 2.75) is 24.4 Å². The standard InChI is InChI=1S/C42H37N5O6/c48-38-21-19-31(26-39(38)49)23-24-44-41(51)37(45-40(50)22-20-30-11-10-18-35(25-30)47(52)53)27-36-28-43-29-46(36)42(32-12-4-1-5-13-32,33-14-6-2-7-15-33)34-16-8-3-9-17-34/h1-22,25-26,28-29,37,48-49H,23-24,27H2,(H,44,51)(H,45,50)/b22-20+/t37-/m0/s1. The number of rotatable bonds is 14. The summed E-state index contributed by atoms with van der Waals surface area (Å²) >= 11 is 0. The largest absolute Gasteiger partial charge is 0.504 e. The van der Waals surface area contributed by atoms with Crippen LogP contribution in [0.5, 0.6) is 11.5 Å². The minimum absolute atomic E-state index is 0.0521. The fraction of sp³-hybridized carbons (Fsp3) is 0.119. The lowest BCUT2D eigenvalue weighted by Crippen LogP contribution is -2.49. The maximum absolute atomic E-state index is 13.9. The molecule has 266 valence electrons. The Kier molecular flexibility index (Phi) is 11.0. The molecule has 2 amide bonds. The van der Waals surface area contributed by atoms with Crippen LogP contribution in [0.4, 0.5) is 5.69 Å². The summed E-state index contributed by atoms with van der Waals surface area (Å²) in [5, 5.41) is 36.6. The first-order valence-corrected chi connectivity index (χ1v) is 17.0. The van der Waals surface area contributed by atoms with Crippen LogP contribution < -0.4 is 10.6 Å². The van der Waals surface area contributed by atoms with Gasteiger partial charge in [-0.15, -0.1) is 0 Å². The number of carbonyl (C=O) groups is 2. The van der Waals surface area contributed by atoms with Crippen LogP contribution in [-0.2, 0) is 28.0 Å². The van der Waals surface area contributed by atoms with Crippen LogP contribution in [0.3, 0.4) is 0 Å². The Hall–Kier alpha value is -7.01. The van der Waals surface area contributed by atoms with Gasteiger partial charge >= 0.3 is 0 Å². The molecule has 1 atom stereocenters. The van der Waals surface area contributed by atoms with E-state index in [4.69, 9.17) is 0 Å². The third-order valence-corrected chi connectivity index (χ3v) is 8.96. The van der Waals surface area contributed by atoms with Crippen molar-refractivity contribution in [3.05, 3.63) is 196 Å². The van der Waals surface area contributed by atoms with Crippen LogP contribution in [0.25, 0.3) is 6.08 Å². The van der Waals surface area contributed by atoms with E-state index in [1.54, 1.807) is 24.7 Å². The van der Waals surface area contributed by atoms with E-state index in [1.165, 1.54) is 42.5 Å². The Labute approximate surface area is 306 Å². The maximum atomic E-state index is 13.9. The summed E-state index contributed by atoms with van der Waals surface area (Å²) in [5.41, 5.74) is 3.65. The fourth-order valence-corrected chi connectivity index (χ4v) is 6.46. The quantitative estimate of drug-likeness (QED) is 0.0348. The van der Waals surface area contributed by atoms with Crippen LogP contribution in [-0.4, -0.2) is 49.1 Å². The topological polar surface area (TPSA) is 160 Å². The average Bonchev–Trinajstić information content (AvgIpc) is 3.65. The van der Waals surface area contributed by atoms with Crippen molar-refractivity contribution in [3.8, 4) is 11.5 Å². The molecule has 0 saturated heterocycles. The lowest BCUT2D eigenvalue weighted by Gasteiger charge is -2.39. The van der Waals surface area contributed by atoms with Gasteiger partial charge in [0, 0.05) is 43.1 Å². The van der Waals surface area contributed by atoms with Crippen molar-refractivity contribution >= 4 is 23.6 Å². The highest BCUT2D eigenvalue weighted by atomic mass is 16.6. The van der Waals surface area contributed by atoms with E-state index in [1.807, 2.05) is 59.2 Å². The summed E-state index contributed by atoms with van der Waals surface area (Å²) < 4.78 is 2.04. The normalized spacial score (nSPS) is 11.9. The van der Waals surface area contributed by atoms with E-state index in [0.717, 1.165) is 16.7 Å². The monoisotopic (exact) mass is 707 g/mol. The molecule has 1 aromatic heterocycles. The lowest BCUT2D eigenvalue weighted by atomic mass is 9.76. The van der Waals surface area contributed by atoms with E-state index in [0.29, 0.717) is 23.2 Å². The Bertz CT molecular complexity index is 2120. The number of phenolic OH excluding ortho intramolecular Hbond substituents is 2. The molecular formula is C42H37N5O6. The van der Waals surface area contributed by atoms with Crippen LogP contribution in [0.15, 0.2) is 152 Å². The number of aromatic nitrogens is 2. The van der Waals surface area contributed by atoms with Crippen LogP contribution in [0, 0.1) is 10.1 Å². The Balaban J connectivity index is 1.36. The molecule has 5 aromatic carbocycles. The fourth-order valence-electron chi connectivity index (χ4n) is 6.46. The molecule has 0 aliphatic carbocycles. The van der Waals surface area contributed by atoms with Gasteiger partial charge in [-0.25, -0.2) is 4.98 Å². The molecule has 0 fully saturated rings. The maximum Gasteiger partial charge on any atom is 0.270 e. The highest BCUT2D eigenvalue weighted by Gasteiger charge is 2.40. The summed E-state index contributed by atoms with van der Waals surface area (Å²) in [6.45, 7) is 0.181. The predicted molar refractivity (Wildman–Crippen MR) is 201 cm³/mol. The molecule has 0 spiro atoms. The van der Waals surface area contributed by atoms with E-state index in [2.05, 4.69) is 52.0 Å². The number of aromatic hydroxyl groups is 2. The molecule has 0 aliphatic heterocycles. The summed E-state index contributed by atoms with van der Waals surface area (Å²) in [5.74, 6) is -1.54. The highest BCUT2D eigenvalue weighted by Crippen LogP contribution is 2.41. The lowest BCUT2D eigenvalue weighted by molar-refractivity contribution is -0.384. The molecular weight excluding hydrogens is 670 g/mol. The first-order valence-electron chi connectivity index (χ1n) is 17.0. The smallest absolute Gasteiger partial charge is 0.270 e. The number of amides is 2. The van der Waals surface area contributed by atoms with Gasteiger partial charge in [0.1, 0.15) is 11.6 Å². The second-order valence-electron chi connectivity index (χ2n) is 12.4. The van der Waals surface area contributed by atoms with Crippen LogP contribution >= 0.6 is 0 Å². The third-order valence-electron chi connectivity index (χ3n) is 8.96. The number of nitrogens with one attached hydrogen (secondary N) is 2. The molecule has 53 heavy (non-hydrogen) atoms. The van der Waals surface area contributed by atoms with Gasteiger partial charge in [-0.2, -0.15) is 0 Å². The first kappa shape index (κ1) is 35.8. The number of non-ortho nitro benzene ring substituents is 1. The van der Waals surface area contributed by atoms with Crippen molar-refractivity contribution < 1.29 is 24.7 Å². The van der Waals surface area contributed by atoms with Crippen molar-refractivity contribution in [3.63, 3.8) is 0 Å². The molecule has 1 heterocycles. The van der Waals surface area contributed by atoms with Gasteiger partial charge in [0.25, 0.3) is 5.69 Å². The zero-order valence-electron chi connectivity index (χ0n) is 28.6. The molecule has 0 unspecified atom stereocenters. The van der Waals surface area contributed by atoms with Gasteiger partial charge in [0.2, 0.25) is 11.8 Å². The predicted octanol–water partition coefficient (Wildman–Crippen LogP) is 6.14. The Morgan fingerprint density at radius 3 is 2.02 bits per heavy atom. The number of benzene rings is 5. The van der Waals surface area contributed by atoms with E-state index < -0.39 is 28.3 Å². The third kappa shape index (κ3) is 8.15. The highest BCUT2D eigenvalue weighted by molar-refractivity contribution is 5.95. The second kappa shape index (κ2) is 16.3. The second-order valence-corrected chi connectivity index (χ2v) is 12.4. The van der Waals surface area contributed by atoms with Gasteiger partial charge in [-0.1, -0.05) is 109 Å². The molecule has 4 N–H and O–H groups in total. The molecule has 0 aliphatic rings. The SMILES string of the molecule is O=C(/C=C/c1cccc([N+](=O)[O-])c1)N[C@@H](Cc1cncn1C(c1ccccc1)(c1ccccc1)c1ccccc1)C(=O)NCCc1ccc(O)c(O)c1. The molecule has 6 aromatic rings. The van der Waals surface area contributed by atoms with Crippen LogP contribution in [0.2, 0.25) is 0 Å². The minimum Gasteiger partial charge on any atom is -0.504 e. The number of nitrogens with zero attached hydrogens (tertiary/aromatic N) is 3. The zero-order chi connectivity index (χ0) is 37.2. The van der Waals surface area contributed by atoms with E-state index in [-0.39, 0.29) is 30.2 Å². The molecule has 11 nitrogen and oxygen atoms in total. The van der Waals surface area contributed by atoms with Gasteiger partial charge in [0.05, 0.1) is 11.3 Å². The summed E-state index contributed by atoms with van der Waals surface area (Å²) in [6, 6.07) is 39.3. The van der Waals surface area contributed by atoms with Crippen molar-refractivity contribution in [1.29, 1.82) is 0 Å². The first-order chi connectivity index (χ1) is 25.8. The molecule has 0 radical (unpaired) electrons. The average molecular weight is 708 g/mol. The summed E-state index contributed by atoms with van der Waals surface area (Å²) in [7, 11) is 0. The molecule has 11 heteroatoms. The number of nitro benzene ring substituents is 1. The van der Waals surface area contributed by atoms with Gasteiger partial charge in [-0.05, 0) is 52.4 Å². The van der Waals surface area contributed by atoms with Crippen molar-refractivity contribution in [2.24, 2.45) is 0 Å². The zero-order valence-corrected chi connectivity index (χ0v) is 28.6. The number of nitro groups is 1.